The van der Waals surface area contributed by atoms with Gasteiger partial charge in [0, 0.05) is 5.33 Å². The number of hydrogen-bond donors (Lipinski definition) is 0. The molecule has 0 fully saturated rings. The van der Waals surface area contributed by atoms with Gasteiger partial charge in [0.25, 0.3) is 0 Å². The van der Waals surface area contributed by atoms with Crippen molar-refractivity contribution in [2.75, 3.05) is 12.4 Å². The number of halogens is 1. The first-order valence-corrected chi connectivity index (χ1v) is 6.41. The molecule has 1 rings (SSSR count). The first-order chi connectivity index (χ1) is 7.10. The fourth-order valence-electron chi connectivity index (χ4n) is 1.72. The summed E-state index contributed by atoms with van der Waals surface area (Å²) < 4.78 is 5.49. The summed E-state index contributed by atoms with van der Waals surface area (Å²) in [4.78, 5) is 0. The molecular formula is C13H19BrO. The lowest BCUT2D eigenvalue weighted by molar-refractivity contribution is 0.403. The van der Waals surface area contributed by atoms with Crippen molar-refractivity contribution >= 4 is 15.9 Å². The topological polar surface area (TPSA) is 9.23 Å². The van der Waals surface area contributed by atoms with Crippen LogP contribution in [-0.4, -0.2) is 12.4 Å². The number of aryl methyl sites for hydroxylation is 1. The molecule has 1 unspecified atom stereocenters. The highest BCUT2D eigenvalue weighted by Crippen LogP contribution is 2.28. The van der Waals surface area contributed by atoms with Gasteiger partial charge in [-0.15, -0.1) is 0 Å². The molecule has 1 aromatic carbocycles. The number of rotatable bonds is 4. The SMILES string of the molecule is COc1c(CC(C)CBr)ccc(C)c1C. The van der Waals surface area contributed by atoms with Crippen LogP contribution < -0.4 is 4.74 Å². The van der Waals surface area contributed by atoms with Crippen molar-refractivity contribution in [3.05, 3.63) is 28.8 Å². The summed E-state index contributed by atoms with van der Waals surface area (Å²) in [5.74, 6) is 1.70. The van der Waals surface area contributed by atoms with Gasteiger partial charge in [-0.2, -0.15) is 0 Å². The minimum absolute atomic E-state index is 0.640. The van der Waals surface area contributed by atoms with Crippen molar-refractivity contribution < 1.29 is 4.74 Å². The van der Waals surface area contributed by atoms with E-state index >= 15 is 0 Å². The Bertz CT molecular complexity index is 334. The molecule has 0 N–H and O–H groups in total. The van der Waals surface area contributed by atoms with E-state index in [2.05, 4.69) is 48.8 Å². The molecule has 15 heavy (non-hydrogen) atoms. The third kappa shape index (κ3) is 2.97. The standard InChI is InChI=1S/C13H19BrO/c1-9(8-14)7-12-6-5-10(2)11(3)13(12)15-4/h5-6,9H,7-8H2,1-4H3. The zero-order chi connectivity index (χ0) is 11.4. The largest absolute Gasteiger partial charge is 0.496 e. The van der Waals surface area contributed by atoms with Gasteiger partial charge in [-0.25, -0.2) is 0 Å². The van der Waals surface area contributed by atoms with E-state index in [4.69, 9.17) is 4.74 Å². The summed E-state index contributed by atoms with van der Waals surface area (Å²) in [6, 6.07) is 4.36. The summed E-state index contributed by atoms with van der Waals surface area (Å²) in [6.45, 7) is 6.48. The molecule has 0 aromatic heterocycles. The second-order valence-corrected chi connectivity index (χ2v) is 4.81. The maximum absolute atomic E-state index is 5.49. The Kier molecular flexibility index (Phi) is 4.65. The fourth-order valence-corrected chi connectivity index (χ4v) is 1.95. The van der Waals surface area contributed by atoms with Crippen LogP contribution in [0.15, 0.2) is 12.1 Å². The van der Waals surface area contributed by atoms with Gasteiger partial charge in [0.05, 0.1) is 7.11 Å². The van der Waals surface area contributed by atoms with Crippen molar-refractivity contribution in [3.8, 4) is 5.75 Å². The molecule has 1 nitrogen and oxygen atoms in total. The number of benzene rings is 1. The van der Waals surface area contributed by atoms with E-state index in [-0.39, 0.29) is 0 Å². The molecule has 84 valence electrons. The van der Waals surface area contributed by atoms with Crippen LogP contribution in [0.2, 0.25) is 0 Å². The first kappa shape index (κ1) is 12.6. The Hall–Kier alpha value is -0.500. The molecule has 2 heteroatoms. The number of ether oxygens (including phenoxy) is 1. The molecule has 0 amide bonds. The maximum atomic E-state index is 5.49. The lowest BCUT2D eigenvalue weighted by Crippen LogP contribution is -2.04. The van der Waals surface area contributed by atoms with Crippen molar-refractivity contribution in [2.24, 2.45) is 5.92 Å². The normalized spacial score (nSPS) is 12.6. The first-order valence-electron chi connectivity index (χ1n) is 5.29. The molecule has 0 heterocycles. The van der Waals surface area contributed by atoms with Gasteiger partial charge in [0.15, 0.2) is 0 Å². The van der Waals surface area contributed by atoms with Gasteiger partial charge in [0.1, 0.15) is 5.75 Å². The van der Waals surface area contributed by atoms with Crippen LogP contribution in [0.3, 0.4) is 0 Å². The highest BCUT2D eigenvalue weighted by molar-refractivity contribution is 9.09. The van der Waals surface area contributed by atoms with Crippen molar-refractivity contribution in [1.29, 1.82) is 0 Å². The Morgan fingerprint density at radius 2 is 2.00 bits per heavy atom. The van der Waals surface area contributed by atoms with Crippen molar-refractivity contribution in [2.45, 2.75) is 27.2 Å². The quantitative estimate of drug-likeness (QED) is 0.755. The molecule has 0 saturated carbocycles. The minimum Gasteiger partial charge on any atom is -0.496 e. The lowest BCUT2D eigenvalue weighted by atomic mass is 9.97. The maximum Gasteiger partial charge on any atom is 0.125 e. The molecule has 0 aliphatic rings. The summed E-state index contributed by atoms with van der Waals surface area (Å²) >= 11 is 3.51. The molecule has 0 radical (unpaired) electrons. The second-order valence-electron chi connectivity index (χ2n) is 4.16. The summed E-state index contributed by atoms with van der Waals surface area (Å²) in [5.41, 5.74) is 3.87. The molecule has 1 atom stereocenters. The molecular weight excluding hydrogens is 252 g/mol. The van der Waals surface area contributed by atoms with E-state index in [0.717, 1.165) is 17.5 Å². The van der Waals surface area contributed by atoms with Crippen LogP contribution in [0, 0.1) is 19.8 Å². The van der Waals surface area contributed by atoms with E-state index in [9.17, 15) is 0 Å². The van der Waals surface area contributed by atoms with Gasteiger partial charge in [-0.3, -0.25) is 0 Å². The van der Waals surface area contributed by atoms with E-state index in [1.165, 1.54) is 16.7 Å². The van der Waals surface area contributed by atoms with Crippen LogP contribution in [-0.2, 0) is 6.42 Å². The Morgan fingerprint density at radius 3 is 2.53 bits per heavy atom. The third-order valence-corrected chi connectivity index (χ3v) is 3.90. The van der Waals surface area contributed by atoms with Gasteiger partial charge in [-0.1, -0.05) is 35.0 Å². The van der Waals surface area contributed by atoms with Gasteiger partial charge < -0.3 is 4.74 Å². The predicted molar refractivity (Wildman–Crippen MR) is 69.1 cm³/mol. The van der Waals surface area contributed by atoms with E-state index in [1.54, 1.807) is 7.11 Å². The number of hydrogen-bond acceptors (Lipinski definition) is 1. The molecule has 0 spiro atoms. The van der Waals surface area contributed by atoms with Crippen LogP contribution >= 0.6 is 15.9 Å². The second kappa shape index (κ2) is 5.55. The minimum atomic E-state index is 0.640. The zero-order valence-corrected chi connectivity index (χ0v) is 11.5. The highest BCUT2D eigenvalue weighted by atomic mass is 79.9. The summed E-state index contributed by atoms with van der Waals surface area (Å²) in [5, 5.41) is 1.03. The Labute approximate surface area is 101 Å². The monoisotopic (exact) mass is 270 g/mol. The molecule has 0 saturated heterocycles. The average molecular weight is 271 g/mol. The smallest absolute Gasteiger partial charge is 0.125 e. The van der Waals surface area contributed by atoms with Crippen LogP contribution in [0.5, 0.6) is 5.75 Å². The molecule has 0 aliphatic carbocycles. The zero-order valence-electron chi connectivity index (χ0n) is 9.93. The van der Waals surface area contributed by atoms with E-state index in [1.807, 2.05) is 0 Å². The van der Waals surface area contributed by atoms with Crippen LogP contribution in [0.25, 0.3) is 0 Å². The third-order valence-electron chi connectivity index (χ3n) is 2.79. The van der Waals surface area contributed by atoms with Gasteiger partial charge in [0.2, 0.25) is 0 Å². The Balaban J connectivity index is 3.02. The highest BCUT2D eigenvalue weighted by Gasteiger charge is 2.10. The van der Waals surface area contributed by atoms with Gasteiger partial charge in [-0.05, 0) is 42.9 Å². The van der Waals surface area contributed by atoms with Crippen molar-refractivity contribution in [3.63, 3.8) is 0 Å². The predicted octanol–water partition coefficient (Wildman–Crippen LogP) is 3.89. The molecule has 1 aromatic rings. The summed E-state index contributed by atoms with van der Waals surface area (Å²) in [7, 11) is 1.75. The fraction of sp³-hybridized carbons (Fsp3) is 0.538. The lowest BCUT2D eigenvalue weighted by Gasteiger charge is -2.15. The van der Waals surface area contributed by atoms with Crippen molar-refractivity contribution in [1.82, 2.24) is 0 Å². The Morgan fingerprint density at radius 1 is 1.33 bits per heavy atom. The summed E-state index contributed by atoms with van der Waals surface area (Å²) in [6.07, 6.45) is 1.07. The number of alkyl halides is 1. The van der Waals surface area contributed by atoms with Crippen LogP contribution in [0.4, 0.5) is 0 Å². The van der Waals surface area contributed by atoms with Gasteiger partial charge >= 0.3 is 0 Å². The van der Waals surface area contributed by atoms with Crippen LogP contribution in [0.1, 0.15) is 23.6 Å². The molecule has 0 aliphatic heterocycles. The molecule has 0 bridgehead atoms. The average Bonchev–Trinajstić information content (AvgIpc) is 2.24. The van der Waals surface area contributed by atoms with E-state index in [0.29, 0.717) is 5.92 Å². The number of methoxy groups -OCH3 is 1. The van der Waals surface area contributed by atoms with E-state index < -0.39 is 0 Å².